The first kappa shape index (κ1) is 17.8. The molecule has 3 heterocycles. The number of rotatable bonds is 5. The highest BCUT2D eigenvalue weighted by molar-refractivity contribution is 7.99. The summed E-state index contributed by atoms with van der Waals surface area (Å²) in [6.07, 6.45) is 0.994. The minimum absolute atomic E-state index is 0.0551. The van der Waals surface area contributed by atoms with Crippen LogP contribution in [0.5, 0.6) is 0 Å². The number of aromatic nitrogens is 1. The number of nitrogens with one attached hydrogen (secondary N) is 1. The van der Waals surface area contributed by atoms with E-state index in [0.717, 1.165) is 4.90 Å². The number of fused-ring (bicyclic) bond motifs is 1. The molecule has 3 rings (SSSR count). The second-order valence-corrected chi connectivity index (χ2v) is 7.63. The minimum atomic E-state index is -1.11. The molecule has 1 aromatic rings. The highest BCUT2D eigenvalue weighted by atomic mass is 32.2. The van der Waals surface area contributed by atoms with Gasteiger partial charge in [0.25, 0.3) is 0 Å². The van der Waals surface area contributed by atoms with Gasteiger partial charge in [-0.1, -0.05) is 6.92 Å². The summed E-state index contributed by atoms with van der Waals surface area (Å²) in [6.45, 7) is 3.48. The molecular formula is C17H21N3O4S. The van der Waals surface area contributed by atoms with E-state index in [0.29, 0.717) is 16.8 Å². The quantitative estimate of drug-likeness (QED) is 0.530. The predicted molar refractivity (Wildman–Crippen MR) is 91.6 cm³/mol. The number of aliphatic hydroxyl groups excluding tert-OH is 1. The summed E-state index contributed by atoms with van der Waals surface area (Å²) in [5, 5.41) is 27.3. The third-order valence-corrected chi connectivity index (χ3v) is 6.08. The molecule has 1 amide bonds. The molecule has 25 heavy (non-hydrogen) atoms. The number of carboxylic acids is 1. The topological polar surface area (TPSA) is 107 Å². The second kappa shape index (κ2) is 6.34. The Labute approximate surface area is 149 Å². The molecule has 0 radical (unpaired) electrons. The molecule has 0 aliphatic carbocycles. The van der Waals surface area contributed by atoms with Crippen LogP contribution in [0.2, 0.25) is 0 Å². The van der Waals surface area contributed by atoms with Gasteiger partial charge in [-0.15, -0.1) is 11.8 Å². The largest absolute Gasteiger partial charge is 0.477 e. The average molecular weight is 363 g/mol. The van der Waals surface area contributed by atoms with E-state index < -0.39 is 18.0 Å². The van der Waals surface area contributed by atoms with Crippen LogP contribution in [-0.4, -0.2) is 49.5 Å². The van der Waals surface area contributed by atoms with E-state index in [1.165, 1.54) is 16.7 Å². The van der Waals surface area contributed by atoms with Gasteiger partial charge >= 0.3 is 5.97 Å². The fourth-order valence-electron chi connectivity index (χ4n) is 3.64. The Morgan fingerprint density at radius 3 is 2.72 bits per heavy atom. The second-order valence-electron chi connectivity index (χ2n) is 6.58. The number of aliphatic hydroxyl groups is 1. The molecule has 7 nitrogen and oxygen atoms in total. The van der Waals surface area contributed by atoms with Crippen molar-refractivity contribution in [2.75, 3.05) is 5.75 Å². The third-order valence-electron chi connectivity index (χ3n) is 5.03. The maximum absolute atomic E-state index is 12.3. The summed E-state index contributed by atoms with van der Waals surface area (Å²) >= 11 is 1.45. The molecule has 0 spiro atoms. The van der Waals surface area contributed by atoms with Crippen molar-refractivity contribution < 1.29 is 19.8 Å². The van der Waals surface area contributed by atoms with E-state index in [-0.39, 0.29) is 23.6 Å². The van der Waals surface area contributed by atoms with Crippen molar-refractivity contribution in [3.63, 3.8) is 0 Å². The zero-order valence-electron chi connectivity index (χ0n) is 14.3. The van der Waals surface area contributed by atoms with Crippen molar-refractivity contribution in [3.05, 3.63) is 35.1 Å². The van der Waals surface area contributed by atoms with Crippen LogP contribution in [0.15, 0.2) is 34.5 Å². The molecule has 8 heteroatoms. The molecule has 1 aromatic heterocycles. The van der Waals surface area contributed by atoms with Crippen LogP contribution in [-0.2, 0) is 16.6 Å². The van der Waals surface area contributed by atoms with Crippen LogP contribution < -0.4 is 5.49 Å². The highest BCUT2D eigenvalue weighted by Gasteiger charge is 2.59. The number of carboxylic acid groups (broad SMARTS) is 1. The number of carbonyl (C=O) groups excluding carboxylic acids is 1. The van der Waals surface area contributed by atoms with Crippen LogP contribution in [0.3, 0.4) is 0 Å². The number of amides is 1. The molecular weight excluding hydrogens is 342 g/mol. The Hall–Kier alpha value is -2.06. The molecule has 0 unspecified atom stereocenters. The smallest absolute Gasteiger partial charge is 0.352 e. The van der Waals surface area contributed by atoms with Gasteiger partial charge in [0.1, 0.15) is 11.2 Å². The Kier molecular flexibility index (Phi) is 4.51. The minimum Gasteiger partial charge on any atom is -0.477 e. The van der Waals surface area contributed by atoms with E-state index in [9.17, 15) is 19.8 Å². The molecule has 1 fully saturated rings. The van der Waals surface area contributed by atoms with Gasteiger partial charge in [0.2, 0.25) is 5.91 Å². The first-order valence-electron chi connectivity index (χ1n) is 8.05. The number of aryl methyl sites for hydroxylation is 1. The molecule has 134 valence electrons. The molecule has 2 aliphatic rings. The summed E-state index contributed by atoms with van der Waals surface area (Å²) in [5.74, 6) is -1.65. The molecule has 3 N–H and O–H groups in total. The first-order valence-corrected chi connectivity index (χ1v) is 9.04. The Balaban J connectivity index is 1.86. The van der Waals surface area contributed by atoms with Gasteiger partial charge in [-0.3, -0.25) is 10.2 Å². The lowest BCUT2D eigenvalue weighted by atomic mass is 9.78. The standard InChI is InChI=1S/C17H21N3O4S/c1-8-11(7-25-10-4-5-19(3)12(18)6-10)15(17(23)24)20-14(8)13(9(2)21)16(20)22/h4-6,8-9,13-14,18,21H,7H2,1-3H3,(H,23,24)/t8-,9+,13+,14+/m0/s1. The molecule has 0 saturated carbocycles. The van der Waals surface area contributed by atoms with Crippen LogP contribution in [0.1, 0.15) is 13.8 Å². The van der Waals surface area contributed by atoms with Crippen molar-refractivity contribution in [1.82, 2.24) is 9.47 Å². The Morgan fingerprint density at radius 2 is 2.16 bits per heavy atom. The zero-order valence-corrected chi connectivity index (χ0v) is 15.1. The first-order chi connectivity index (χ1) is 11.7. The van der Waals surface area contributed by atoms with Gasteiger partial charge in [-0.2, -0.15) is 0 Å². The van der Waals surface area contributed by atoms with Crippen molar-refractivity contribution >= 4 is 23.6 Å². The number of thioether (sulfide) groups is 1. The Morgan fingerprint density at radius 1 is 1.48 bits per heavy atom. The summed E-state index contributed by atoms with van der Waals surface area (Å²) in [6, 6.07) is 3.32. The number of nitrogens with zero attached hydrogens (tertiary/aromatic N) is 2. The lowest BCUT2D eigenvalue weighted by Crippen LogP contribution is -2.63. The van der Waals surface area contributed by atoms with Gasteiger partial charge in [0, 0.05) is 29.8 Å². The van der Waals surface area contributed by atoms with E-state index in [2.05, 4.69) is 0 Å². The molecule has 2 aliphatic heterocycles. The lowest BCUT2D eigenvalue weighted by Gasteiger charge is -2.46. The molecule has 0 aromatic carbocycles. The number of β-lactam (4-membered cyclic amide) rings is 1. The van der Waals surface area contributed by atoms with Gasteiger partial charge < -0.3 is 19.7 Å². The van der Waals surface area contributed by atoms with E-state index in [1.807, 2.05) is 13.0 Å². The predicted octanol–water partition coefficient (Wildman–Crippen LogP) is 0.793. The number of carbonyl (C=O) groups is 2. The number of pyridine rings is 1. The SMILES string of the molecule is C[C@@H](O)[C@H]1C(=O)N2C(C(=O)O)=C(CSc3ccn(C)c(=N)c3)[C@H](C)[C@H]12. The molecule has 0 bridgehead atoms. The van der Waals surface area contributed by atoms with Crippen molar-refractivity contribution in [3.8, 4) is 0 Å². The van der Waals surface area contributed by atoms with Crippen molar-refractivity contribution in [2.24, 2.45) is 18.9 Å². The van der Waals surface area contributed by atoms with E-state index in [4.69, 9.17) is 5.41 Å². The van der Waals surface area contributed by atoms with Gasteiger partial charge in [-0.25, -0.2) is 4.79 Å². The molecule has 4 atom stereocenters. The number of hydrogen-bond donors (Lipinski definition) is 3. The highest BCUT2D eigenvalue weighted by Crippen LogP contribution is 2.48. The van der Waals surface area contributed by atoms with Crippen LogP contribution >= 0.6 is 11.8 Å². The normalized spacial score (nSPS) is 26.5. The summed E-state index contributed by atoms with van der Waals surface area (Å²) in [5.41, 5.74) is 1.13. The summed E-state index contributed by atoms with van der Waals surface area (Å²) < 4.78 is 1.68. The summed E-state index contributed by atoms with van der Waals surface area (Å²) in [7, 11) is 1.79. The monoisotopic (exact) mass is 363 g/mol. The van der Waals surface area contributed by atoms with Crippen LogP contribution in [0.25, 0.3) is 0 Å². The van der Waals surface area contributed by atoms with E-state index in [1.54, 1.807) is 30.8 Å². The average Bonchev–Trinajstić information content (AvgIpc) is 2.77. The van der Waals surface area contributed by atoms with Crippen LogP contribution in [0, 0.1) is 17.2 Å². The Bertz CT molecular complexity index is 829. The van der Waals surface area contributed by atoms with Gasteiger partial charge in [0.15, 0.2) is 0 Å². The maximum atomic E-state index is 12.3. The third kappa shape index (κ3) is 2.79. The maximum Gasteiger partial charge on any atom is 0.352 e. The number of hydrogen-bond acceptors (Lipinski definition) is 5. The van der Waals surface area contributed by atoms with E-state index >= 15 is 0 Å². The van der Waals surface area contributed by atoms with Crippen LogP contribution in [0.4, 0.5) is 0 Å². The summed E-state index contributed by atoms with van der Waals surface area (Å²) in [4.78, 5) is 26.2. The van der Waals surface area contributed by atoms with Gasteiger partial charge in [0.05, 0.1) is 18.1 Å². The molecule has 1 saturated heterocycles. The van der Waals surface area contributed by atoms with Crippen molar-refractivity contribution in [2.45, 2.75) is 30.9 Å². The fraction of sp³-hybridized carbons (Fsp3) is 0.471. The van der Waals surface area contributed by atoms with Crippen molar-refractivity contribution in [1.29, 1.82) is 5.41 Å². The fourth-order valence-corrected chi connectivity index (χ4v) is 4.71. The van der Waals surface area contributed by atoms with Gasteiger partial charge in [-0.05, 0) is 24.6 Å². The number of aliphatic carboxylic acids is 1. The lowest BCUT2D eigenvalue weighted by molar-refractivity contribution is -0.163. The zero-order chi connectivity index (χ0) is 18.5.